The van der Waals surface area contributed by atoms with Crippen molar-refractivity contribution in [3.63, 3.8) is 0 Å². The summed E-state index contributed by atoms with van der Waals surface area (Å²) in [5, 5.41) is 12.2. The predicted molar refractivity (Wildman–Crippen MR) is 101 cm³/mol. The van der Waals surface area contributed by atoms with E-state index in [9.17, 15) is 14.7 Å². The van der Waals surface area contributed by atoms with E-state index >= 15 is 0 Å². The van der Waals surface area contributed by atoms with Crippen molar-refractivity contribution in [3.05, 3.63) is 56.8 Å². The van der Waals surface area contributed by atoms with Gasteiger partial charge in [0.05, 0.1) is 12.5 Å². The fraction of sp³-hybridized carbons (Fsp3) is 0.368. The minimum Gasteiger partial charge on any atom is -0.391 e. The molecule has 25 heavy (non-hydrogen) atoms. The number of hydrogen-bond acceptors (Lipinski definition) is 3. The van der Waals surface area contributed by atoms with Crippen LogP contribution in [0, 0.1) is 13.8 Å². The van der Waals surface area contributed by atoms with Crippen LogP contribution in [0.1, 0.15) is 46.2 Å². The number of halogens is 1. The number of aliphatic hydroxyl groups excluding tert-OH is 1. The van der Waals surface area contributed by atoms with E-state index in [0.717, 1.165) is 21.4 Å². The highest BCUT2D eigenvalue weighted by Crippen LogP contribution is 2.23. The molecule has 1 heterocycles. The fourth-order valence-corrected chi connectivity index (χ4v) is 3.10. The van der Waals surface area contributed by atoms with Crippen LogP contribution >= 0.6 is 15.9 Å². The number of amides is 1. The van der Waals surface area contributed by atoms with E-state index in [0.29, 0.717) is 17.5 Å². The highest BCUT2D eigenvalue weighted by molar-refractivity contribution is 9.10. The Bertz CT molecular complexity index is 783. The van der Waals surface area contributed by atoms with Crippen molar-refractivity contribution in [1.82, 2.24) is 10.3 Å². The van der Waals surface area contributed by atoms with Gasteiger partial charge in [0.2, 0.25) is 5.91 Å². The van der Waals surface area contributed by atoms with Crippen LogP contribution in [-0.4, -0.2) is 34.4 Å². The zero-order valence-electron chi connectivity index (χ0n) is 14.6. The lowest BCUT2D eigenvalue weighted by Crippen LogP contribution is -2.32. The molecule has 0 bridgehead atoms. The van der Waals surface area contributed by atoms with Gasteiger partial charge in [0.1, 0.15) is 0 Å². The molecular formula is C19H23BrN2O3. The summed E-state index contributed by atoms with van der Waals surface area (Å²) < 4.78 is 0.846. The Hall–Kier alpha value is -1.92. The molecule has 1 aromatic heterocycles. The second-order valence-electron chi connectivity index (χ2n) is 6.11. The van der Waals surface area contributed by atoms with Gasteiger partial charge >= 0.3 is 0 Å². The summed E-state index contributed by atoms with van der Waals surface area (Å²) in [6.45, 7) is 5.77. The van der Waals surface area contributed by atoms with Crippen LogP contribution < -0.4 is 5.32 Å². The number of aromatic amines is 1. The standard InChI is InChI=1S/C19H23BrN2O3/c1-4-15(23)10-21-17(24)9-16-11(2)18(12(3)22-16)19(25)13-6-5-7-14(20)8-13/h5-8,15,22-23H,4,9-10H2,1-3H3,(H,21,24). The monoisotopic (exact) mass is 406 g/mol. The van der Waals surface area contributed by atoms with Gasteiger partial charge in [0.25, 0.3) is 0 Å². The number of aromatic nitrogens is 1. The van der Waals surface area contributed by atoms with E-state index in [4.69, 9.17) is 0 Å². The molecule has 6 heteroatoms. The van der Waals surface area contributed by atoms with Gasteiger partial charge in [-0.1, -0.05) is 35.0 Å². The van der Waals surface area contributed by atoms with Crippen LogP contribution in [-0.2, 0) is 11.2 Å². The third-order valence-electron chi connectivity index (χ3n) is 4.20. The molecule has 0 aliphatic carbocycles. The summed E-state index contributed by atoms with van der Waals surface area (Å²) in [4.78, 5) is 28.0. The fourth-order valence-electron chi connectivity index (χ4n) is 2.71. The molecule has 0 radical (unpaired) electrons. The molecule has 0 saturated heterocycles. The van der Waals surface area contributed by atoms with Crippen molar-refractivity contribution < 1.29 is 14.7 Å². The molecule has 0 aliphatic heterocycles. The third-order valence-corrected chi connectivity index (χ3v) is 4.69. The van der Waals surface area contributed by atoms with Crippen molar-refractivity contribution in [3.8, 4) is 0 Å². The molecule has 1 amide bonds. The van der Waals surface area contributed by atoms with Crippen molar-refractivity contribution >= 4 is 27.6 Å². The van der Waals surface area contributed by atoms with E-state index in [-0.39, 0.29) is 24.7 Å². The van der Waals surface area contributed by atoms with Crippen LogP contribution in [0.2, 0.25) is 0 Å². The predicted octanol–water partition coefficient (Wildman–Crippen LogP) is 3.05. The first-order valence-electron chi connectivity index (χ1n) is 8.26. The lowest BCUT2D eigenvalue weighted by molar-refractivity contribution is -0.120. The molecular weight excluding hydrogens is 384 g/mol. The lowest BCUT2D eigenvalue weighted by atomic mass is 9.99. The Kier molecular flexibility index (Phi) is 6.56. The molecule has 1 atom stereocenters. The van der Waals surface area contributed by atoms with Crippen molar-refractivity contribution in [2.45, 2.75) is 39.7 Å². The van der Waals surface area contributed by atoms with Crippen molar-refractivity contribution in [2.75, 3.05) is 6.54 Å². The van der Waals surface area contributed by atoms with Gasteiger partial charge < -0.3 is 15.4 Å². The quantitative estimate of drug-likeness (QED) is 0.617. The highest BCUT2D eigenvalue weighted by atomic mass is 79.9. The molecule has 0 fully saturated rings. The second-order valence-corrected chi connectivity index (χ2v) is 7.03. The topological polar surface area (TPSA) is 82.2 Å². The molecule has 1 unspecified atom stereocenters. The minimum atomic E-state index is -0.538. The maximum atomic E-state index is 12.8. The molecule has 3 N–H and O–H groups in total. The average molecular weight is 407 g/mol. The minimum absolute atomic E-state index is 0.0689. The Labute approximate surface area is 156 Å². The number of carbonyl (C=O) groups is 2. The van der Waals surface area contributed by atoms with Gasteiger partial charge in [0, 0.05) is 33.5 Å². The maximum absolute atomic E-state index is 12.8. The molecule has 134 valence electrons. The van der Waals surface area contributed by atoms with Crippen LogP contribution in [0.25, 0.3) is 0 Å². The number of aliphatic hydroxyl groups is 1. The zero-order valence-corrected chi connectivity index (χ0v) is 16.2. The first-order valence-corrected chi connectivity index (χ1v) is 9.05. The Morgan fingerprint density at radius 1 is 1.32 bits per heavy atom. The molecule has 2 aromatic rings. The SMILES string of the molecule is CCC(O)CNC(=O)Cc1[nH]c(C)c(C(=O)c2cccc(Br)c2)c1C. The Morgan fingerprint density at radius 3 is 2.68 bits per heavy atom. The average Bonchev–Trinajstić information content (AvgIpc) is 2.85. The Balaban J connectivity index is 2.17. The zero-order chi connectivity index (χ0) is 18.6. The summed E-state index contributed by atoms with van der Waals surface area (Å²) in [5.74, 6) is -0.251. The summed E-state index contributed by atoms with van der Waals surface area (Å²) in [6, 6.07) is 7.25. The number of aryl methyl sites for hydroxylation is 1. The van der Waals surface area contributed by atoms with E-state index in [1.165, 1.54) is 0 Å². The number of rotatable bonds is 7. The molecule has 1 aromatic carbocycles. The number of ketones is 1. The summed E-state index contributed by atoms with van der Waals surface area (Å²) in [7, 11) is 0. The third kappa shape index (κ3) is 4.80. The molecule has 0 spiro atoms. The van der Waals surface area contributed by atoms with E-state index < -0.39 is 6.10 Å². The van der Waals surface area contributed by atoms with Crippen LogP contribution in [0.3, 0.4) is 0 Å². The normalized spacial score (nSPS) is 12.0. The molecule has 0 aliphatic rings. The van der Waals surface area contributed by atoms with Crippen molar-refractivity contribution in [2.24, 2.45) is 0 Å². The number of carbonyl (C=O) groups excluding carboxylic acids is 2. The largest absolute Gasteiger partial charge is 0.391 e. The van der Waals surface area contributed by atoms with Gasteiger partial charge in [-0.3, -0.25) is 9.59 Å². The van der Waals surface area contributed by atoms with Crippen molar-refractivity contribution in [1.29, 1.82) is 0 Å². The lowest BCUT2D eigenvalue weighted by Gasteiger charge is -2.09. The summed E-state index contributed by atoms with van der Waals surface area (Å²) >= 11 is 3.38. The van der Waals surface area contributed by atoms with E-state index in [1.807, 2.05) is 32.9 Å². The summed E-state index contributed by atoms with van der Waals surface area (Å²) in [6.07, 6.45) is 0.199. The molecule has 2 rings (SSSR count). The van der Waals surface area contributed by atoms with Gasteiger partial charge in [-0.25, -0.2) is 0 Å². The molecule has 5 nitrogen and oxygen atoms in total. The number of benzene rings is 1. The molecule has 0 saturated carbocycles. The van der Waals surface area contributed by atoms with Crippen LogP contribution in [0.15, 0.2) is 28.7 Å². The highest BCUT2D eigenvalue weighted by Gasteiger charge is 2.21. The van der Waals surface area contributed by atoms with Gasteiger partial charge in [-0.2, -0.15) is 0 Å². The van der Waals surface area contributed by atoms with Gasteiger partial charge in [-0.05, 0) is 38.0 Å². The van der Waals surface area contributed by atoms with E-state index in [2.05, 4.69) is 26.2 Å². The van der Waals surface area contributed by atoms with Crippen LogP contribution in [0.5, 0.6) is 0 Å². The second kappa shape index (κ2) is 8.45. The number of hydrogen-bond donors (Lipinski definition) is 3. The first-order chi connectivity index (χ1) is 11.8. The maximum Gasteiger partial charge on any atom is 0.226 e. The smallest absolute Gasteiger partial charge is 0.226 e. The first kappa shape index (κ1) is 19.4. The number of nitrogens with one attached hydrogen (secondary N) is 2. The summed E-state index contributed by atoms with van der Waals surface area (Å²) in [5.41, 5.74) is 3.46. The number of H-pyrrole nitrogens is 1. The van der Waals surface area contributed by atoms with E-state index in [1.54, 1.807) is 12.1 Å². The van der Waals surface area contributed by atoms with Gasteiger partial charge in [0.15, 0.2) is 5.78 Å². The van der Waals surface area contributed by atoms with Gasteiger partial charge in [-0.15, -0.1) is 0 Å². The Morgan fingerprint density at radius 2 is 2.04 bits per heavy atom. The van der Waals surface area contributed by atoms with Crippen LogP contribution in [0.4, 0.5) is 0 Å².